The number of hydrogen-bond acceptors (Lipinski definition) is 4. The van der Waals surface area contributed by atoms with Gasteiger partial charge in [0.2, 0.25) is 11.8 Å². The molecule has 0 unspecified atom stereocenters. The van der Waals surface area contributed by atoms with E-state index in [9.17, 15) is 9.59 Å². The van der Waals surface area contributed by atoms with E-state index in [-0.39, 0.29) is 24.7 Å². The number of hydrogen-bond donors (Lipinski definition) is 2. The standard InChI is InChI=1S/C22H24Cl2N4O2/c1-15(17-7-11-19(23)12-8-17)25-27-21(29)5-3-4-6-22(30)28-26-16(2)18-9-13-20(24)14-10-18/h7-14H,3-6H2,1-2H3,(H,27,29)(H,28,30)/b25-15+,26-16+. The van der Waals surface area contributed by atoms with Gasteiger partial charge >= 0.3 is 0 Å². The first kappa shape index (κ1) is 23.6. The number of carbonyl (C=O) groups excluding carboxylic acids is 2. The lowest BCUT2D eigenvalue weighted by Gasteiger charge is -2.04. The maximum absolute atomic E-state index is 11.9. The first-order chi connectivity index (χ1) is 14.3. The topological polar surface area (TPSA) is 82.9 Å². The van der Waals surface area contributed by atoms with E-state index in [4.69, 9.17) is 23.2 Å². The lowest BCUT2D eigenvalue weighted by atomic mass is 10.1. The van der Waals surface area contributed by atoms with Gasteiger partial charge in [0.1, 0.15) is 0 Å². The second kappa shape index (κ2) is 12.1. The van der Waals surface area contributed by atoms with E-state index in [1.165, 1.54) is 0 Å². The molecule has 0 atom stereocenters. The Labute approximate surface area is 186 Å². The summed E-state index contributed by atoms with van der Waals surface area (Å²) in [6.45, 7) is 3.61. The van der Waals surface area contributed by atoms with Crippen LogP contribution in [0.3, 0.4) is 0 Å². The number of nitrogens with one attached hydrogen (secondary N) is 2. The molecular weight excluding hydrogens is 423 g/mol. The maximum atomic E-state index is 11.9. The van der Waals surface area contributed by atoms with Crippen LogP contribution < -0.4 is 10.9 Å². The van der Waals surface area contributed by atoms with E-state index in [0.717, 1.165) is 11.1 Å². The summed E-state index contributed by atoms with van der Waals surface area (Å²) < 4.78 is 0. The average molecular weight is 447 g/mol. The fourth-order valence-electron chi connectivity index (χ4n) is 2.49. The van der Waals surface area contributed by atoms with Crippen molar-refractivity contribution < 1.29 is 9.59 Å². The van der Waals surface area contributed by atoms with Crippen LogP contribution in [0, 0.1) is 0 Å². The van der Waals surface area contributed by atoms with Crippen molar-refractivity contribution >= 4 is 46.4 Å². The predicted octanol–water partition coefficient (Wildman–Crippen LogP) is 4.93. The second-order valence-corrected chi connectivity index (χ2v) is 7.56. The third-order valence-electron chi connectivity index (χ3n) is 4.28. The van der Waals surface area contributed by atoms with Gasteiger partial charge in [-0.1, -0.05) is 47.5 Å². The summed E-state index contributed by atoms with van der Waals surface area (Å²) in [7, 11) is 0. The van der Waals surface area contributed by atoms with Crippen LogP contribution in [0.4, 0.5) is 0 Å². The largest absolute Gasteiger partial charge is 0.273 e. The lowest BCUT2D eigenvalue weighted by Crippen LogP contribution is -2.20. The Morgan fingerprint density at radius 2 is 1.03 bits per heavy atom. The molecule has 0 aliphatic carbocycles. The first-order valence-electron chi connectivity index (χ1n) is 9.53. The van der Waals surface area contributed by atoms with Gasteiger partial charge in [0, 0.05) is 22.9 Å². The van der Waals surface area contributed by atoms with E-state index in [1.807, 2.05) is 24.3 Å². The summed E-state index contributed by atoms with van der Waals surface area (Å²) >= 11 is 11.7. The number of nitrogens with zero attached hydrogens (tertiary/aromatic N) is 2. The zero-order chi connectivity index (χ0) is 21.9. The molecule has 2 rings (SSSR count). The molecule has 0 bridgehead atoms. The van der Waals surface area contributed by atoms with Gasteiger partial charge in [0.05, 0.1) is 11.4 Å². The van der Waals surface area contributed by atoms with Crippen molar-refractivity contribution in [1.29, 1.82) is 0 Å². The third kappa shape index (κ3) is 8.35. The van der Waals surface area contributed by atoms with Gasteiger partial charge in [0.15, 0.2) is 0 Å². The summed E-state index contributed by atoms with van der Waals surface area (Å²) in [4.78, 5) is 23.8. The number of benzene rings is 2. The highest BCUT2D eigenvalue weighted by Crippen LogP contribution is 2.11. The van der Waals surface area contributed by atoms with Gasteiger partial charge in [0.25, 0.3) is 0 Å². The highest BCUT2D eigenvalue weighted by molar-refractivity contribution is 6.31. The van der Waals surface area contributed by atoms with Crippen LogP contribution in [-0.4, -0.2) is 23.2 Å². The zero-order valence-corrected chi connectivity index (χ0v) is 18.4. The normalized spacial score (nSPS) is 11.9. The van der Waals surface area contributed by atoms with Gasteiger partial charge in [-0.3, -0.25) is 9.59 Å². The number of rotatable bonds is 9. The highest BCUT2D eigenvalue weighted by Gasteiger charge is 2.05. The van der Waals surface area contributed by atoms with Crippen molar-refractivity contribution in [3.63, 3.8) is 0 Å². The van der Waals surface area contributed by atoms with Crippen LogP contribution in [-0.2, 0) is 9.59 Å². The molecule has 0 saturated heterocycles. The van der Waals surface area contributed by atoms with Crippen molar-refractivity contribution in [2.45, 2.75) is 39.5 Å². The third-order valence-corrected chi connectivity index (χ3v) is 4.78. The van der Waals surface area contributed by atoms with Crippen LogP contribution in [0.2, 0.25) is 10.0 Å². The summed E-state index contributed by atoms with van der Waals surface area (Å²) in [5.74, 6) is -0.388. The van der Waals surface area contributed by atoms with Crippen molar-refractivity contribution in [2.75, 3.05) is 0 Å². The number of hydrazone groups is 2. The lowest BCUT2D eigenvalue weighted by molar-refractivity contribution is -0.123. The summed E-state index contributed by atoms with van der Waals surface area (Å²) in [5.41, 5.74) is 8.20. The van der Waals surface area contributed by atoms with Gasteiger partial charge < -0.3 is 0 Å². The van der Waals surface area contributed by atoms with E-state index in [1.54, 1.807) is 38.1 Å². The van der Waals surface area contributed by atoms with Crippen molar-refractivity contribution in [1.82, 2.24) is 10.9 Å². The number of carbonyl (C=O) groups is 2. The molecule has 0 aliphatic heterocycles. The summed E-state index contributed by atoms with van der Waals surface area (Å²) in [6, 6.07) is 14.4. The summed E-state index contributed by atoms with van der Waals surface area (Å²) in [6.07, 6.45) is 1.73. The molecule has 0 heterocycles. The molecular formula is C22H24Cl2N4O2. The SMILES string of the molecule is C/C(=N\NC(=O)CCCCC(=O)N/N=C(\C)c1ccc(Cl)cc1)c1ccc(Cl)cc1. The summed E-state index contributed by atoms with van der Waals surface area (Å²) in [5, 5.41) is 9.47. The molecule has 0 radical (unpaired) electrons. The minimum absolute atomic E-state index is 0.194. The molecule has 2 N–H and O–H groups in total. The number of unbranched alkanes of at least 4 members (excludes halogenated alkanes) is 1. The smallest absolute Gasteiger partial charge is 0.240 e. The molecule has 6 nitrogen and oxygen atoms in total. The molecule has 2 aromatic carbocycles. The van der Waals surface area contributed by atoms with Crippen molar-refractivity contribution in [3.8, 4) is 0 Å². The van der Waals surface area contributed by atoms with Crippen molar-refractivity contribution in [3.05, 3.63) is 69.7 Å². The van der Waals surface area contributed by atoms with Crippen LogP contribution >= 0.6 is 23.2 Å². The van der Waals surface area contributed by atoms with Crippen LogP contribution in [0.5, 0.6) is 0 Å². The van der Waals surface area contributed by atoms with Gasteiger partial charge in [-0.2, -0.15) is 10.2 Å². The second-order valence-electron chi connectivity index (χ2n) is 6.69. The van der Waals surface area contributed by atoms with Crippen LogP contribution in [0.1, 0.15) is 50.7 Å². The molecule has 2 amide bonds. The molecule has 2 aromatic rings. The van der Waals surface area contributed by atoms with E-state index < -0.39 is 0 Å². The minimum atomic E-state index is -0.194. The fourth-order valence-corrected chi connectivity index (χ4v) is 2.74. The van der Waals surface area contributed by atoms with Gasteiger partial charge in [-0.05, 0) is 62.1 Å². The maximum Gasteiger partial charge on any atom is 0.240 e. The van der Waals surface area contributed by atoms with Crippen molar-refractivity contribution in [2.24, 2.45) is 10.2 Å². The van der Waals surface area contributed by atoms with Gasteiger partial charge in [-0.15, -0.1) is 0 Å². The van der Waals surface area contributed by atoms with Gasteiger partial charge in [-0.25, -0.2) is 10.9 Å². The molecule has 0 aliphatic rings. The minimum Gasteiger partial charge on any atom is -0.273 e. The molecule has 0 aromatic heterocycles. The monoisotopic (exact) mass is 446 g/mol. The Bertz CT molecular complexity index is 846. The van der Waals surface area contributed by atoms with Crippen LogP contribution in [0.25, 0.3) is 0 Å². The van der Waals surface area contributed by atoms with E-state index >= 15 is 0 Å². The first-order valence-corrected chi connectivity index (χ1v) is 10.3. The fraction of sp³-hybridized carbons (Fsp3) is 0.273. The molecule has 0 spiro atoms. The van der Waals surface area contributed by atoms with Crippen LogP contribution in [0.15, 0.2) is 58.7 Å². The Hall–Kier alpha value is -2.70. The Morgan fingerprint density at radius 3 is 1.37 bits per heavy atom. The molecule has 0 fully saturated rings. The number of halogens is 2. The molecule has 158 valence electrons. The predicted molar refractivity (Wildman–Crippen MR) is 122 cm³/mol. The highest BCUT2D eigenvalue weighted by atomic mass is 35.5. The van der Waals surface area contributed by atoms with E-state index in [2.05, 4.69) is 21.1 Å². The molecule has 30 heavy (non-hydrogen) atoms. The van der Waals surface area contributed by atoms with E-state index in [0.29, 0.717) is 34.3 Å². The Morgan fingerprint density at radius 1 is 0.700 bits per heavy atom. The molecule has 0 saturated carbocycles. The molecule has 8 heteroatoms. The number of amides is 2. The Kier molecular flexibility index (Phi) is 9.51. The average Bonchev–Trinajstić information content (AvgIpc) is 2.74. The quantitative estimate of drug-likeness (QED) is 0.325. The Balaban J connectivity index is 1.66. The zero-order valence-electron chi connectivity index (χ0n) is 16.9.